The van der Waals surface area contributed by atoms with E-state index in [4.69, 9.17) is 0 Å². The number of hydrogen-bond acceptors (Lipinski definition) is 2. The lowest BCUT2D eigenvalue weighted by molar-refractivity contribution is 1.38. The summed E-state index contributed by atoms with van der Waals surface area (Å²) < 4.78 is 2.38. The molecule has 0 unspecified atom stereocenters. The molecule has 2 aromatic rings. The molecule has 0 aliphatic heterocycles. The maximum absolute atomic E-state index is 3.55. The van der Waals surface area contributed by atoms with Gasteiger partial charge in [-0.05, 0) is 55.4 Å². The van der Waals surface area contributed by atoms with Gasteiger partial charge >= 0.3 is 0 Å². The Morgan fingerprint density at radius 1 is 1.07 bits per heavy atom. The molecule has 0 bridgehead atoms. The van der Waals surface area contributed by atoms with Gasteiger partial charge in [-0.1, -0.05) is 12.1 Å². The monoisotopic (exact) mass is 362 g/mol. The molecule has 15 heavy (non-hydrogen) atoms. The van der Waals surface area contributed by atoms with Gasteiger partial charge in [-0.15, -0.1) is 23.1 Å². The molecule has 0 saturated heterocycles. The van der Waals surface area contributed by atoms with E-state index in [1.807, 2.05) is 17.8 Å². The van der Waals surface area contributed by atoms with Crippen molar-refractivity contribution >= 4 is 55.0 Å². The molecule has 1 heterocycles. The van der Waals surface area contributed by atoms with Crippen molar-refractivity contribution in [2.75, 3.05) is 0 Å². The highest BCUT2D eigenvalue weighted by atomic mass is 79.9. The largest absolute Gasteiger partial charge is 0.147 e. The lowest BCUT2D eigenvalue weighted by Gasteiger charge is -2.02. The van der Waals surface area contributed by atoms with Crippen LogP contribution in [-0.4, -0.2) is 0 Å². The summed E-state index contributed by atoms with van der Waals surface area (Å²) in [6.45, 7) is 0. The highest BCUT2D eigenvalue weighted by Gasteiger charge is 2.04. The number of thioether (sulfide) groups is 1. The molecule has 0 N–H and O–H groups in total. The van der Waals surface area contributed by atoms with Gasteiger partial charge in [0, 0.05) is 24.5 Å². The summed E-state index contributed by atoms with van der Waals surface area (Å²) in [5.74, 6) is 1.01. The summed E-state index contributed by atoms with van der Waals surface area (Å²) in [6.07, 6.45) is 0. The fourth-order valence-corrected chi connectivity index (χ4v) is 4.50. The molecule has 0 atom stereocenters. The van der Waals surface area contributed by atoms with Crippen LogP contribution in [0.4, 0.5) is 0 Å². The zero-order valence-electron chi connectivity index (χ0n) is 7.74. The van der Waals surface area contributed by atoms with Crippen LogP contribution >= 0.6 is 55.0 Å². The fraction of sp³-hybridized carbons (Fsp3) is 0.0909. The first kappa shape index (κ1) is 11.7. The zero-order chi connectivity index (χ0) is 10.7. The van der Waals surface area contributed by atoms with E-state index in [1.165, 1.54) is 18.7 Å². The SMILES string of the molecule is Brc1ccccc1SCc1sccc1Br. The maximum atomic E-state index is 3.55. The van der Waals surface area contributed by atoms with Crippen LogP contribution in [0.15, 0.2) is 49.6 Å². The van der Waals surface area contributed by atoms with Gasteiger partial charge in [0.15, 0.2) is 0 Å². The Hall–Kier alpha value is 0.230. The minimum atomic E-state index is 1.01. The minimum absolute atomic E-state index is 1.01. The Balaban J connectivity index is 2.06. The molecule has 0 radical (unpaired) electrons. The van der Waals surface area contributed by atoms with Gasteiger partial charge in [-0.25, -0.2) is 0 Å². The molecule has 0 nitrogen and oxygen atoms in total. The van der Waals surface area contributed by atoms with E-state index in [-0.39, 0.29) is 0 Å². The van der Waals surface area contributed by atoms with Crippen molar-refractivity contribution < 1.29 is 0 Å². The highest BCUT2D eigenvalue weighted by molar-refractivity contribution is 9.10. The second-order valence-electron chi connectivity index (χ2n) is 2.91. The Bertz CT molecular complexity index is 451. The van der Waals surface area contributed by atoms with Gasteiger partial charge < -0.3 is 0 Å². The van der Waals surface area contributed by atoms with Gasteiger partial charge in [0.1, 0.15) is 0 Å². The summed E-state index contributed by atoms with van der Waals surface area (Å²) in [5, 5.41) is 2.11. The molecule has 4 heteroatoms. The molecule has 1 aromatic carbocycles. The predicted molar refractivity (Wildman–Crippen MR) is 75.7 cm³/mol. The minimum Gasteiger partial charge on any atom is -0.147 e. The normalized spacial score (nSPS) is 10.5. The first-order chi connectivity index (χ1) is 7.27. The van der Waals surface area contributed by atoms with E-state index in [1.54, 1.807) is 11.3 Å². The van der Waals surface area contributed by atoms with Crippen molar-refractivity contribution in [1.29, 1.82) is 0 Å². The molecule has 0 aliphatic rings. The Kier molecular flexibility index (Phi) is 4.31. The zero-order valence-corrected chi connectivity index (χ0v) is 12.5. The van der Waals surface area contributed by atoms with Crippen LogP contribution in [-0.2, 0) is 5.75 Å². The van der Waals surface area contributed by atoms with Crippen LogP contribution in [0.5, 0.6) is 0 Å². The average molecular weight is 364 g/mol. The Morgan fingerprint density at radius 2 is 1.87 bits per heavy atom. The second kappa shape index (κ2) is 5.53. The van der Waals surface area contributed by atoms with Gasteiger partial charge in [0.05, 0.1) is 0 Å². The van der Waals surface area contributed by atoms with E-state index >= 15 is 0 Å². The fourth-order valence-electron chi connectivity index (χ4n) is 1.13. The van der Waals surface area contributed by atoms with Crippen molar-refractivity contribution in [2.24, 2.45) is 0 Å². The molecular formula is C11H8Br2S2. The third-order valence-corrected chi connectivity index (χ3v) is 6.05. The predicted octanol–water partition coefficient (Wildman–Crippen LogP) is 5.57. The summed E-state index contributed by atoms with van der Waals surface area (Å²) in [4.78, 5) is 2.67. The first-order valence-corrected chi connectivity index (χ1v) is 7.81. The van der Waals surface area contributed by atoms with Crippen molar-refractivity contribution in [3.8, 4) is 0 Å². The Morgan fingerprint density at radius 3 is 2.53 bits per heavy atom. The van der Waals surface area contributed by atoms with Gasteiger partial charge in [-0.3, -0.25) is 0 Å². The number of thiophene rings is 1. The van der Waals surface area contributed by atoms with Crippen molar-refractivity contribution in [3.63, 3.8) is 0 Å². The summed E-state index contributed by atoms with van der Waals surface area (Å²) in [5.41, 5.74) is 0. The van der Waals surface area contributed by atoms with Gasteiger partial charge in [-0.2, -0.15) is 0 Å². The number of halogens is 2. The highest BCUT2D eigenvalue weighted by Crippen LogP contribution is 2.33. The third kappa shape index (κ3) is 3.09. The quantitative estimate of drug-likeness (QED) is 0.642. The summed E-state index contributed by atoms with van der Waals surface area (Å²) in [6, 6.07) is 10.4. The standard InChI is InChI=1S/C11H8Br2S2/c12-8-3-1-2-4-10(8)15-7-11-9(13)5-6-14-11/h1-6H,7H2. The topological polar surface area (TPSA) is 0 Å². The lowest BCUT2D eigenvalue weighted by atomic mass is 10.4. The smallest absolute Gasteiger partial charge is 0.0338 e. The van der Waals surface area contributed by atoms with E-state index < -0.39 is 0 Å². The second-order valence-corrected chi connectivity index (χ2v) is 6.64. The molecule has 0 amide bonds. The average Bonchev–Trinajstić information content (AvgIpc) is 2.63. The van der Waals surface area contributed by atoms with Crippen LogP contribution < -0.4 is 0 Å². The number of hydrogen-bond donors (Lipinski definition) is 0. The molecular weight excluding hydrogens is 356 g/mol. The molecule has 78 valence electrons. The van der Waals surface area contributed by atoms with Crippen molar-refractivity contribution in [3.05, 3.63) is 49.5 Å². The summed E-state index contributed by atoms with van der Waals surface area (Å²) >= 11 is 10.7. The third-order valence-electron chi connectivity index (χ3n) is 1.89. The van der Waals surface area contributed by atoms with E-state index in [2.05, 4.69) is 61.5 Å². The van der Waals surface area contributed by atoms with Gasteiger partial charge in [0.25, 0.3) is 0 Å². The molecule has 0 saturated carbocycles. The van der Waals surface area contributed by atoms with Crippen LogP contribution in [0.2, 0.25) is 0 Å². The molecule has 2 rings (SSSR count). The van der Waals surface area contributed by atoms with Crippen LogP contribution in [0.25, 0.3) is 0 Å². The van der Waals surface area contributed by atoms with E-state index in [9.17, 15) is 0 Å². The molecule has 1 aromatic heterocycles. The van der Waals surface area contributed by atoms with Crippen LogP contribution in [0, 0.1) is 0 Å². The van der Waals surface area contributed by atoms with E-state index in [0.29, 0.717) is 0 Å². The van der Waals surface area contributed by atoms with Crippen molar-refractivity contribution in [2.45, 2.75) is 10.6 Å². The first-order valence-electron chi connectivity index (χ1n) is 4.36. The van der Waals surface area contributed by atoms with E-state index in [0.717, 1.165) is 5.75 Å². The molecule has 0 aliphatic carbocycles. The number of rotatable bonds is 3. The maximum Gasteiger partial charge on any atom is 0.0338 e. The lowest BCUT2D eigenvalue weighted by Crippen LogP contribution is -1.77. The number of benzene rings is 1. The Labute approximate surface area is 114 Å². The molecule has 0 fully saturated rings. The van der Waals surface area contributed by atoms with Gasteiger partial charge in [0.2, 0.25) is 0 Å². The molecule has 0 spiro atoms. The van der Waals surface area contributed by atoms with Crippen molar-refractivity contribution in [1.82, 2.24) is 0 Å². The van der Waals surface area contributed by atoms with Crippen LogP contribution in [0.3, 0.4) is 0 Å². The van der Waals surface area contributed by atoms with Crippen LogP contribution in [0.1, 0.15) is 4.88 Å². The summed E-state index contributed by atoms with van der Waals surface area (Å²) in [7, 11) is 0.